The lowest BCUT2D eigenvalue weighted by atomic mass is 9.97. The normalized spacial score (nSPS) is 11.1. The van der Waals surface area contributed by atoms with Crippen LogP contribution in [0.4, 0.5) is 0 Å². The van der Waals surface area contributed by atoms with Crippen LogP contribution < -0.4 is 0 Å². The highest BCUT2D eigenvalue weighted by molar-refractivity contribution is 5.92. The van der Waals surface area contributed by atoms with Crippen LogP contribution in [0, 0.1) is 6.92 Å². The van der Waals surface area contributed by atoms with Crippen LogP contribution in [0.3, 0.4) is 0 Å². The van der Waals surface area contributed by atoms with Gasteiger partial charge >= 0.3 is 29.8 Å². The molecule has 0 fully saturated rings. The molecule has 0 saturated carbocycles. The number of ether oxygens (including phenoxy) is 5. The van der Waals surface area contributed by atoms with E-state index >= 15 is 0 Å². The van der Waals surface area contributed by atoms with Crippen LogP contribution in [0.2, 0.25) is 0 Å². The van der Waals surface area contributed by atoms with Gasteiger partial charge in [0.15, 0.2) is 0 Å². The van der Waals surface area contributed by atoms with Crippen molar-refractivity contribution in [3.63, 3.8) is 0 Å². The minimum atomic E-state index is -0.823. The van der Waals surface area contributed by atoms with Crippen molar-refractivity contribution < 1.29 is 47.7 Å². The summed E-state index contributed by atoms with van der Waals surface area (Å²) in [6.07, 6.45) is 0.275. The summed E-state index contributed by atoms with van der Waals surface area (Å²) in [5.41, 5.74) is 3.56. The van der Waals surface area contributed by atoms with Gasteiger partial charge in [-0.05, 0) is 68.4 Å². The molecule has 2 aromatic heterocycles. The van der Waals surface area contributed by atoms with Crippen molar-refractivity contribution in [1.82, 2.24) is 9.97 Å². The topological polar surface area (TPSA) is 163 Å². The predicted octanol–water partition coefficient (Wildman–Crippen LogP) is 4.48. The van der Waals surface area contributed by atoms with E-state index in [-0.39, 0.29) is 56.5 Å². The largest absolute Gasteiger partial charge is 0.469 e. The van der Waals surface area contributed by atoms with Crippen LogP contribution in [0.5, 0.6) is 0 Å². The Morgan fingerprint density at radius 3 is 1.80 bits per heavy atom. The van der Waals surface area contributed by atoms with Gasteiger partial charge in [-0.3, -0.25) is 14.4 Å². The zero-order valence-electron chi connectivity index (χ0n) is 27.4. The van der Waals surface area contributed by atoms with E-state index in [1.54, 1.807) is 20.8 Å². The third-order valence-electron chi connectivity index (χ3n) is 7.33. The number of nitrogens with one attached hydrogen (secondary N) is 2. The monoisotopic (exact) mass is 638 g/mol. The average Bonchev–Trinajstić information content (AvgIpc) is 3.52. The van der Waals surface area contributed by atoms with Crippen LogP contribution in [-0.4, -0.2) is 66.7 Å². The lowest BCUT2D eigenvalue weighted by Gasteiger charge is -2.19. The Bertz CT molecular complexity index is 1560. The zero-order chi connectivity index (χ0) is 34.0. The summed E-state index contributed by atoms with van der Waals surface area (Å²) in [6, 6.07) is 9.23. The lowest BCUT2D eigenvalue weighted by Crippen LogP contribution is -2.25. The van der Waals surface area contributed by atoms with Crippen molar-refractivity contribution in [2.45, 2.75) is 78.4 Å². The molecule has 2 N–H and O–H groups in total. The van der Waals surface area contributed by atoms with Gasteiger partial charge in [-0.15, -0.1) is 0 Å². The summed E-state index contributed by atoms with van der Waals surface area (Å²) >= 11 is 0. The molecule has 0 radical (unpaired) electrons. The first kappa shape index (κ1) is 35.6. The van der Waals surface area contributed by atoms with E-state index in [2.05, 4.69) is 9.97 Å². The molecule has 0 spiro atoms. The molecule has 0 amide bonds. The molecule has 2 heterocycles. The first-order valence-corrected chi connectivity index (χ1v) is 14.9. The van der Waals surface area contributed by atoms with E-state index in [1.807, 2.05) is 37.3 Å². The number of rotatable bonds is 14. The number of methoxy groups -OCH3 is 3. The van der Waals surface area contributed by atoms with Gasteiger partial charge in [0, 0.05) is 30.7 Å². The van der Waals surface area contributed by atoms with E-state index in [9.17, 15) is 24.0 Å². The average molecular weight is 639 g/mol. The summed E-state index contributed by atoms with van der Waals surface area (Å²) in [7, 11) is 3.81. The SMILES string of the molecule is COC(=O)CCc1c(C(=O)OCc2ccccc2)[nH]c(Cc2[nH]c(C(=O)OC(C)(C)C)c(CC(=O)OC)c2CCC(=O)OC)c1C. The van der Waals surface area contributed by atoms with Crippen molar-refractivity contribution in [2.75, 3.05) is 21.3 Å². The molecule has 0 atom stereocenters. The van der Waals surface area contributed by atoms with Gasteiger partial charge in [-0.25, -0.2) is 9.59 Å². The number of aromatic amines is 2. The Morgan fingerprint density at radius 1 is 0.696 bits per heavy atom. The molecule has 46 heavy (non-hydrogen) atoms. The standard InChI is InChI=1S/C34H42N2O10/c1-20-22(13-15-27(37)42-5)30(32(40)45-19-21-11-9-8-10-12-21)35-25(20)18-26-23(14-16-28(38)43-6)24(17-29(39)44-7)31(36-26)33(41)46-34(2,3)4/h8-12,35-36H,13-19H2,1-7H3. The van der Waals surface area contributed by atoms with Crippen LogP contribution in [0.15, 0.2) is 30.3 Å². The van der Waals surface area contributed by atoms with Crippen molar-refractivity contribution in [2.24, 2.45) is 0 Å². The summed E-state index contributed by atoms with van der Waals surface area (Å²) in [6.45, 7) is 7.04. The van der Waals surface area contributed by atoms with E-state index in [1.165, 1.54) is 21.3 Å². The first-order chi connectivity index (χ1) is 21.8. The lowest BCUT2D eigenvalue weighted by molar-refractivity contribution is -0.141. The van der Waals surface area contributed by atoms with Crippen LogP contribution in [0.25, 0.3) is 0 Å². The maximum absolute atomic E-state index is 13.3. The Balaban J connectivity index is 2.10. The van der Waals surface area contributed by atoms with Gasteiger partial charge in [-0.2, -0.15) is 0 Å². The van der Waals surface area contributed by atoms with Gasteiger partial charge in [-0.1, -0.05) is 30.3 Å². The Kier molecular flexibility index (Phi) is 12.3. The number of H-pyrrole nitrogens is 2. The van der Waals surface area contributed by atoms with Gasteiger partial charge in [0.25, 0.3) is 0 Å². The number of aromatic nitrogens is 2. The zero-order valence-corrected chi connectivity index (χ0v) is 27.4. The Hall–Kier alpha value is -4.87. The summed E-state index contributed by atoms with van der Waals surface area (Å²) in [5.74, 6) is -2.77. The Morgan fingerprint density at radius 2 is 1.24 bits per heavy atom. The van der Waals surface area contributed by atoms with Crippen molar-refractivity contribution in [3.8, 4) is 0 Å². The molecule has 0 unspecified atom stereocenters. The van der Waals surface area contributed by atoms with E-state index in [0.717, 1.165) is 5.56 Å². The maximum Gasteiger partial charge on any atom is 0.355 e. The molecule has 0 saturated heterocycles. The third-order valence-corrected chi connectivity index (χ3v) is 7.33. The second-order valence-electron chi connectivity index (χ2n) is 11.7. The van der Waals surface area contributed by atoms with Crippen molar-refractivity contribution >= 4 is 29.8 Å². The fourth-order valence-electron chi connectivity index (χ4n) is 4.99. The van der Waals surface area contributed by atoms with Crippen LogP contribution in [-0.2, 0) is 70.4 Å². The van der Waals surface area contributed by atoms with Crippen molar-refractivity contribution in [3.05, 3.63) is 80.9 Å². The number of benzene rings is 1. The first-order valence-electron chi connectivity index (χ1n) is 14.9. The molecule has 248 valence electrons. The highest BCUT2D eigenvalue weighted by Gasteiger charge is 2.29. The maximum atomic E-state index is 13.3. The smallest absolute Gasteiger partial charge is 0.355 e. The van der Waals surface area contributed by atoms with E-state index < -0.39 is 35.4 Å². The van der Waals surface area contributed by atoms with E-state index in [4.69, 9.17) is 23.7 Å². The number of carbonyl (C=O) groups is 5. The molecule has 3 aromatic rings. The molecule has 12 nitrogen and oxygen atoms in total. The molecule has 0 aliphatic rings. The summed E-state index contributed by atoms with van der Waals surface area (Å²) < 4.78 is 25.8. The minimum absolute atomic E-state index is 0.0194. The minimum Gasteiger partial charge on any atom is -0.469 e. The molecule has 1 aromatic carbocycles. The quantitative estimate of drug-likeness (QED) is 0.190. The highest BCUT2D eigenvalue weighted by atomic mass is 16.6. The summed E-state index contributed by atoms with van der Waals surface area (Å²) in [5, 5.41) is 0. The molecule has 0 aliphatic carbocycles. The molecular formula is C34H42N2O10. The fraction of sp³-hybridized carbons (Fsp3) is 0.441. The van der Waals surface area contributed by atoms with Crippen LogP contribution >= 0.6 is 0 Å². The summed E-state index contributed by atoms with van der Waals surface area (Å²) in [4.78, 5) is 69.6. The molecule has 0 bridgehead atoms. The highest BCUT2D eigenvalue weighted by Crippen LogP contribution is 2.29. The van der Waals surface area contributed by atoms with E-state index in [0.29, 0.717) is 33.6 Å². The number of carbonyl (C=O) groups excluding carboxylic acids is 5. The van der Waals surface area contributed by atoms with Crippen molar-refractivity contribution in [1.29, 1.82) is 0 Å². The second kappa shape index (κ2) is 15.9. The van der Waals surface area contributed by atoms with Crippen LogP contribution in [0.1, 0.15) is 93.8 Å². The van der Waals surface area contributed by atoms with Gasteiger partial charge in [0.1, 0.15) is 23.6 Å². The number of esters is 5. The molecule has 3 rings (SSSR count). The van der Waals surface area contributed by atoms with Gasteiger partial charge in [0.2, 0.25) is 0 Å². The fourth-order valence-corrected chi connectivity index (χ4v) is 4.99. The molecule has 0 aliphatic heterocycles. The second-order valence-corrected chi connectivity index (χ2v) is 11.7. The molecule has 12 heteroatoms. The Labute approximate surface area is 268 Å². The number of hydrogen-bond donors (Lipinski definition) is 2. The van der Waals surface area contributed by atoms with Gasteiger partial charge < -0.3 is 33.7 Å². The van der Waals surface area contributed by atoms with Gasteiger partial charge in [0.05, 0.1) is 27.8 Å². The number of hydrogen-bond acceptors (Lipinski definition) is 10. The predicted molar refractivity (Wildman–Crippen MR) is 166 cm³/mol. The third kappa shape index (κ3) is 9.56. The molecular weight excluding hydrogens is 596 g/mol.